The fraction of sp³-hybridized carbons (Fsp3) is 0.188. The molecule has 21 heavy (non-hydrogen) atoms. The Bertz CT molecular complexity index is 677. The van der Waals surface area contributed by atoms with Crippen molar-refractivity contribution in [1.29, 1.82) is 0 Å². The number of nitrogens with zero attached hydrogens (tertiary/aromatic N) is 1. The molecule has 0 unspecified atom stereocenters. The zero-order valence-corrected chi connectivity index (χ0v) is 13.5. The molecule has 3 rings (SSSR count). The van der Waals surface area contributed by atoms with Gasteiger partial charge >= 0.3 is 0 Å². The van der Waals surface area contributed by atoms with Crippen LogP contribution in [0.4, 0.5) is 0 Å². The number of carbonyl (C=O) groups excluding carboxylic acids is 1. The van der Waals surface area contributed by atoms with Crippen LogP contribution < -0.4 is 0 Å². The maximum atomic E-state index is 12.7. The van der Waals surface area contributed by atoms with Gasteiger partial charge in [-0.2, -0.15) is 0 Å². The second-order valence-corrected chi connectivity index (χ2v) is 6.79. The molecule has 0 aromatic heterocycles. The first-order valence-electron chi connectivity index (χ1n) is 6.59. The Labute approximate surface area is 138 Å². The third-order valence-electron chi connectivity index (χ3n) is 3.39. The smallest absolute Gasteiger partial charge is 0.256 e. The van der Waals surface area contributed by atoms with Gasteiger partial charge in [0.25, 0.3) is 5.91 Å². The summed E-state index contributed by atoms with van der Waals surface area (Å²) < 4.78 is 0. The van der Waals surface area contributed by atoms with Crippen molar-refractivity contribution in [3.05, 3.63) is 69.7 Å². The van der Waals surface area contributed by atoms with Crippen LogP contribution in [-0.4, -0.2) is 23.1 Å². The van der Waals surface area contributed by atoms with E-state index in [9.17, 15) is 4.79 Å². The molecular weight excluding hydrogens is 325 g/mol. The summed E-state index contributed by atoms with van der Waals surface area (Å²) in [6.45, 7) is 0.714. The van der Waals surface area contributed by atoms with Gasteiger partial charge < -0.3 is 4.90 Å². The molecule has 5 heteroatoms. The average Bonchev–Trinajstić information content (AvgIpc) is 2.96. The summed E-state index contributed by atoms with van der Waals surface area (Å²) in [7, 11) is 0. The molecule has 0 saturated carbocycles. The van der Waals surface area contributed by atoms with Gasteiger partial charge in [0.15, 0.2) is 0 Å². The number of halogens is 2. The predicted octanol–water partition coefficient (Wildman–Crippen LogP) is 4.88. The highest BCUT2D eigenvalue weighted by molar-refractivity contribution is 7.99. The topological polar surface area (TPSA) is 20.3 Å². The molecule has 0 spiro atoms. The third-order valence-corrected chi connectivity index (χ3v) is 5.22. The van der Waals surface area contributed by atoms with E-state index in [0.717, 1.165) is 11.3 Å². The molecule has 1 fully saturated rings. The van der Waals surface area contributed by atoms with Crippen molar-refractivity contribution in [2.24, 2.45) is 0 Å². The van der Waals surface area contributed by atoms with E-state index in [1.54, 1.807) is 23.9 Å². The van der Waals surface area contributed by atoms with Gasteiger partial charge in [-0.1, -0.05) is 47.5 Å². The average molecular weight is 338 g/mol. The molecule has 0 bridgehead atoms. The molecule has 1 aliphatic heterocycles. The van der Waals surface area contributed by atoms with Gasteiger partial charge in [-0.15, -0.1) is 11.8 Å². The SMILES string of the molecule is O=C(c1ccccc1Cl)N1CCS[C@@H]1c1cccc(Cl)c1. The van der Waals surface area contributed by atoms with Crippen LogP contribution in [0.2, 0.25) is 10.0 Å². The molecule has 108 valence electrons. The van der Waals surface area contributed by atoms with E-state index < -0.39 is 0 Å². The summed E-state index contributed by atoms with van der Waals surface area (Å²) >= 11 is 13.9. The summed E-state index contributed by atoms with van der Waals surface area (Å²) in [6, 6.07) is 14.8. The summed E-state index contributed by atoms with van der Waals surface area (Å²) in [5, 5.41) is 1.17. The highest BCUT2D eigenvalue weighted by Gasteiger charge is 2.32. The van der Waals surface area contributed by atoms with Crippen LogP contribution in [0.3, 0.4) is 0 Å². The van der Waals surface area contributed by atoms with E-state index in [1.165, 1.54) is 0 Å². The van der Waals surface area contributed by atoms with Crippen LogP contribution in [0.15, 0.2) is 48.5 Å². The zero-order valence-electron chi connectivity index (χ0n) is 11.1. The summed E-state index contributed by atoms with van der Waals surface area (Å²) in [5.74, 6) is 0.878. The number of hydrogen-bond acceptors (Lipinski definition) is 2. The molecule has 0 radical (unpaired) electrons. The number of thioether (sulfide) groups is 1. The third kappa shape index (κ3) is 3.05. The van der Waals surface area contributed by atoms with Crippen LogP contribution in [-0.2, 0) is 0 Å². The molecule has 0 N–H and O–H groups in total. The standard InChI is InChI=1S/C16H13Cl2NOS/c17-12-5-3-4-11(10-12)16-19(8-9-21-16)15(20)13-6-1-2-7-14(13)18/h1-7,10,16H,8-9H2/t16-/m1/s1. The Hall–Kier alpha value is -1.16. The molecule has 1 amide bonds. The van der Waals surface area contributed by atoms with Crippen molar-refractivity contribution in [3.8, 4) is 0 Å². The summed E-state index contributed by atoms with van der Waals surface area (Å²) in [6.07, 6.45) is 0. The molecule has 2 aromatic rings. The van der Waals surface area contributed by atoms with Gasteiger partial charge in [-0.3, -0.25) is 4.79 Å². The predicted molar refractivity (Wildman–Crippen MR) is 89.1 cm³/mol. The number of carbonyl (C=O) groups is 1. The zero-order chi connectivity index (χ0) is 14.8. The van der Waals surface area contributed by atoms with Crippen LogP contribution in [0, 0.1) is 0 Å². The van der Waals surface area contributed by atoms with Gasteiger partial charge in [0, 0.05) is 17.3 Å². The molecule has 2 nitrogen and oxygen atoms in total. The second kappa shape index (κ2) is 6.30. The lowest BCUT2D eigenvalue weighted by atomic mass is 10.1. The van der Waals surface area contributed by atoms with E-state index in [1.807, 2.05) is 41.3 Å². The van der Waals surface area contributed by atoms with Gasteiger partial charge in [0.1, 0.15) is 5.37 Å². The Balaban J connectivity index is 1.91. The second-order valence-electron chi connectivity index (χ2n) is 4.76. The van der Waals surface area contributed by atoms with E-state index in [4.69, 9.17) is 23.2 Å². The molecule has 0 aliphatic carbocycles. The fourth-order valence-corrected chi connectivity index (χ4v) is 4.06. The minimum atomic E-state index is -0.0319. The molecule has 1 heterocycles. The number of rotatable bonds is 2. The van der Waals surface area contributed by atoms with E-state index in [0.29, 0.717) is 22.2 Å². The van der Waals surface area contributed by atoms with Crippen LogP contribution in [0.1, 0.15) is 21.3 Å². The molecule has 1 saturated heterocycles. The van der Waals surface area contributed by atoms with Crippen molar-refractivity contribution in [1.82, 2.24) is 4.90 Å². The monoisotopic (exact) mass is 337 g/mol. The van der Waals surface area contributed by atoms with E-state index in [2.05, 4.69) is 0 Å². The van der Waals surface area contributed by atoms with Crippen LogP contribution in [0.5, 0.6) is 0 Å². The van der Waals surface area contributed by atoms with Crippen LogP contribution in [0.25, 0.3) is 0 Å². The van der Waals surface area contributed by atoms with Crippen molar-refractivity contribution in [3.63, 3.8) is 0 Å². The Morgan fingerprint density at radius 2 is 1.95 bits per heavy atom. The first-order valence-corrected chi connectivity index (χ1v) is 8.40. The lowest BCUT2D eigenvalue weighted by Gasteiger charge is -2.24. The van der Waals surface area contributed by atoms with Gasteiger partial charge in [0.05, 0.1) is 10.6 Å². The molecule has 2 aromatic carbocycles. The Kier molecular flexibility index (Phi) is 4.43. The molecule has 1 aliphatic rings. The maximum Gasteiger partial charge on any atom is 0.256 e. The highest BCUT2D eigenvalue weighted by Crippen LogP contribution is 2.39. The van der Waals surface area contributed by atoms with Crippen molar-refractivity contribution < 1.29 is 4.79 Å². The largest absolute Gasteiger partial charge is 0.322 e. The van der Waals surface area contributed by atoms with Crippen molar-refractivity contribution in [2.45, 2.75) is 5.37 Å². The van der Waals surface area contributed by atoms with Crippen molar-refractivity contribution in [2.75, 3.05) is 12.3 Å². The minimum absolute atomic E-state index is 0.00697. The molecular formula is C16H13Cl2NOS. The normalized spacial score (nSPS) is 18.0. The quantitative estimate of drug-likeness (QED) is 0.778. The summed E-state index contributed by atoms with van der Waals surface area (Å²) in [5.41, 5.74) is 1.60. The van der Waals surface area contributed by atoms with Gasteiger partial charge in [0.2, 0.25) is 0 Å². The Morgan fingerprint density at radius 1 is 1.14 bits per heavy atom. The first-order chi connectivity index (χ1) is 10.2. The van der Waals surface area contributed by atoms with Gasteiger partial charge in [-0.25, -0.2) is 0 Å². The lowest BCUT2D eigenvalue weighted by molar-refractivity contribution is 0.0760. The number of benzene rings is 2. The van der Waals surface area contributed by atoms with E-state index >= 15 is 0 Å². The number of amides is 1. The first kappa shape index (κ1) is 14.8. The highest BCUT2D eigenvalue weighted by atomic mass is 35.5. The Morgan fingerprint density at radius 3 is 2.71 bits per heavy atom. The van der Waals surface area contributed by atoms with Crippen molar-refractivity contribution >= 4 is 40.9 Å². The van der Waals surface area contributed by atoms with Gasteiger partial charge in [-0.05, 0) is 29.8 Å². The van der Waals surface area contributed by atoms with E-state index in [-0.39, 0.29) is 11.3 Å². The lowest BCUT2D eigenvalue weighted by Crippen LogP contribution is -2.30. The summed E-state index contributed by atoms with van der Waals surface area (Å²) in [4.78, 5) is 14.6. The molecule has 1 atom stereocenters. The maximum absolute atomic E-state index is 12.7. The number of hydrogen-bond donors (Lipinski definition) is 0. The minimum Gasteiger partial charge on any atom is -0.322 e. The van der Waals surface area contributed by atoms with Crippen LogP contribution >= 0.6 is 35.0 Å². The fourth-order valence-electron chi connectivity index (χ4n) is 2.40.